The molecule has 0 amide bonds. The van der Waals surface area contributed by atoms with Gasteiger partial charge < -0.3 is 28.0 Å². The van der Waals surface area contributed by atoms with Gasteiger partial charge in [-0.2, -0.15) is 0 Å². The van der Waals surface area contributed by atoms with Crippen LogP contribution in [0.25, 0.3) is 65.8 Å². The average Bonchev–Trinajstić information content (AvgIpc) is 4.10. The second-order valence-corrected chi connectivity index (χ2v) is 20.3. The van der Waals surface area contributed by atoms with Crippen LogP contribution >= 0.6 is 0 Å². The van der Waals surface area contributed by atoms with Crippen molar-refractivity contribution in [3.05, 3.63) is 215 Å². The Morgan fingerprint density at radius 1 is 0.356 bits per heavy atom. The van der Waals surface area contributed by atoms with E-state index in [1.807, 2.05) is 0 Å². The third kappa shape index (κ3) is 5.76. The summed E-state index contributed by atoms with van der Waals surface area (Å²) < 4.78 is 20.4. The Balaban J connectivity index is 1.18. The van der Waals surface area contributed by atoms with E-state index in [-0.39, 0.29) is 6.71 Å². The topological polar surface area (TPSA) is 49.1 Å². The van der Waals surface area contributed by atoms with Gasteiger partial charge in [0.15, 0.2) is 0 Å². The Morgan fingerprint density at radius 3 is 1.21 bits per heavy atom. The van der Waals surface area contributed by atoms with Crippen molar-refractivity contribution in [1.29, 1.82) is 0 Å². The van der Waals surface area contributed by atoms with Crippen LogP contribution in [0.1, 0.15) is 33.4 Å². The molecule has 13 aromatic rings. The SMILES string of the molecule is Cc1cccc(C)c1N(c1cc2c3c(c1)N(c1c(C)cccc1C)c1c(ccc4oc5ccccc5c14)B3c1ccc3oc4ccccc4c3c1N2c1c(C)cccc1C)c1cccc2oc3ccccc3c12. The van der Waals surface area contributed by atoms with Crippen LogP contribution in [0.2, 0.25) is 0 Å². The van der Waals surface area contributed by atoms with Gasteiger partial charge in [-0.3, -0.25) is 0 Å². The molecular weight excluding hydrogens is 894 g/mol. The number of benzene rings is 10. The lowest BCUT2D eigenvalue weighted by atomic mass is 9.33. The molecule has 0 radical (unpaired) electrons. The van der Waals surface area contributed by atoms with Crippen LogP contribution in [0, 0.1) is 41.5 Å². The highest BCUT2D eigenvalue weighted by Crippen LogP contribution is 2.55. The molecule has 15 rings (SSSR count). The third-order valence-electron chi connectivity index (χ3n) is 15.9. The molecule has 3 aromatic heterocycles. The maximum atomic E-state index is 6.83. The molecule has 0 bridgehead atoms. The van der Waals surface area contributed by atoms with Crippen LogP contribution in [0.4, 0.5) is 51.2 Å². The van der Waals surface area contributed by atoms with E-state index in [0.717, 1.165) is 117 Å². The molecule has 0 aliphatic carbocycles. The van der Waals surface area contributed by atoms with E-state index in [2.05, 4.69) is 238 Å². The van der Waals surface area contributed by atoms with Gasteiger partial charge in [0, 0.05) is 27.5 Å². The third-order valence-corrected chi connectivity index (χ3v) is 15.9. The van der Waals surface area contributed by atoms with E-state index in [1.54, 1.807) is 0 Å². The fourth-order valence-electron chi connectivity index (χ4n) is 13.0. The quantitative estimate of drug-likeness (QED) is 0.160. The van der Waals surface area contributed by atoms with Crippen molar-refractivity contribution in [2.24, 2.45) is 0 Å². The summed E-state index contributed by atoms with van der Waals surface area (Å²) in [6.45, 7) is 13.3. The molecule has 10 aromatic carbocycles. The highest BCUT2D eigenvalue weighted by molar-refractivity contribution is 7.01. The van der Waals surface area contributed by atoms with Gasteiger partial charge in [-0.05, 0) is 146 Å². The number of nitrogens with zero attached hydrogens (tertiary/aromatic N) is 3. The Labute approximate surface area is 423 Å². The van der Waals surface area contributed by atoms with Gasteiger partial charge in [-0.15, -0.1) is 0 Å². The minimum Gasteiger partial charge on any atom is -0.456 e. The molecule has 6 nitrogen and oxygen atoms in total. The lowest BCUT2D eigenvalue weighted by Crippen LogP contribution is -2.61. The summed E-state index contributed by atoms with van der Waals surface area (Å²) in [5.41, 5.74) is 25.9. The molecule has 2 aliphatic rings. The molecule has 0 N–H and O–H groups in total. The second-order valence-electron chi connectivity index (χ2n) is 20.3. The molecule has 5 heterocycles. The molecule has 2 aliphatic heterocycles. The predicted molar refractivity (Wildman–Crippen MR) is 305 cm³/mol. The van der Waals surface area contributed by atoms with E-state index >= 15 is 0 Å². The first-order valence-electron chi connectivity index (χ1n) is 25.3. The van der Waals surface area contributed by atoms with E-state index in [9.17, 15) is 0 Å². The molecule has 0 fully saturated rings. The lowest BCUT2D eigenvalue weighted by Gasteiger charge is -2.46. The summed E-state index contributed by atoms with van der Waals surface area (Å²) in [5.74, 6) is 0. The minimum atomic E-state index is -0.184. The van der Waals surface area contributed by atoms with Crippen LogP contribution in [0.5, 0.6) is 0 Å². The summed E-state index contributed by atoms with van der Waals surface area (Å²) in [5, 5.41) is 6.52. The van der Waals surface area contributed by atoms with Crippen molar-refractivity contribution in [1.82, 2.24) is 0 Å². The summed E-state index contributed by atoms with van der Waals surface area (Å²) in [4.78, 5) is 7.71. The van der Waals surface area contributed by atoms with Gasteiger partial charge in [0.2, 0.25) is 0 Å². The monoisotopic (exact) mass is 941 g/mol. The normalized spacial score (nSPS) is 13.0. The molecule has 0 spiro atoms. The summed E-state index contributed by atoms with van der Waals surface area (Å²) in [6.07, 6.45) is 0. The Kier molecular flexibility index (Phi) is 8.75. The number of hydrogen-bond acceptors (Lipinski definition) is 6. The molecule has 73 heavy (non-hydrogen) atoms. The number of aryl methyl sites for hydroxylation is 6. The molecule has 0 unspecified atom stereocenters. The van der Waals surface area contributed by atoms with Crippen molar-refractivity contribution in [3.8, 4) is 0 Å². The van der Waals surface area contributed by atoms with E-state index < -0.39 is 0 Å². The van der Waals surface area contributed by atoms with Crippen molar-refractivity contribution in [2.45, 2.75) is 41.5 Å². The Bertz CT molecular complexity index is 4260. The fourth-order valence-corrected chi connectivity index (χ4v) is 13.0. The van der Waals surface area contributed by atoms with Crippen molar-refractivity contribution < 1.29 is 13.3 Å². The first-order chi connectivity index (χ1) is 35.7. The maximum absolute atomic E-state index is 6.83. The van der Waals surface area contributed by atoms with Gasteiger partial charge in [0.1, 0.15) is 33.5 Å². The summed E-state index contributed by atoms with van der Waals surface area (Å²) in [6, 6.07) is 66.1. The highest BCUT2D eigenvalue weighted by Gasteiger charge is 2.47. The van der Waals surface area contributed by atoms with Crippen molar-refractivity contribution in [2.75, 3.05) is 14.7 Å². The van der Waals surface area contributed by atoms with Crippen molar-refractivity contribution in [3.63, 3.8) is 0 Å². The molecular formula is C66H48BN3O3. The van der Waals surface area contributed by atoms with Crippen LogP contribution in [0.3, 0.4) is 0 Å². The van der Waals surface area contributed by atoms with Crippen LogP contribution < -0.4 is 31.1 Å². The van der Waals surface area contributed by atoms with Gasteiger partial charge in [0.25, 0.3) is 6.71 Å². The van der Waals surface area contributed by atoms with Gasteiger partial charge in [0.05, 0.1) is 56.0 Å². The van der Waals surface area contributed by atoms with E-state index in [0.29, 0.717) is 0 Å². The smallest absolute Gasteiger partial charge is 0.252 e. The van der Waals surface area contributed by atoms with Crippen LogP contribution in [-0.2, 0) is 0 Å². The zero-order valence-corrected chi connectivity index (χ0v) is 41.5. The molecule has 0 saturated carbocycles. The number of hydrogen-bond donors (Lipinski definition) is 0. The molecule has 348 valence electrons. The second kappa shape index (κ2) is 15.3. The van der Waals surface area contributed by atoms with Gasteiger partial charge in [-0.25, -0.2) is 0 Å². The zero-order chi connectivity index (χ0) is 49.0. The summed E-state index contributed by atoms with van der Waals surface area (Å²) >= 11 is 0. The van der Waals surface area contributed by atoms with Crippen LogP contribution in [-0.4, -0.2) is 6.71 Å². The van der Waals surface area contributed by atoms with Crippen LogP contribution in [0.15, 0.2) is 195 Å². The molecule has 7 heteroatoms. The Hall–Kier alpha value is -8.94. The largest absolute Gasteiger partial charge is 0.456 e. The minimum absolute atomic E-state index is 0.184. The van der Waals surface area contributed by atoms with Gasteiger partial charge >= 0.3 is 0 Å². The maximum Gasteiger partial charge on any atom is 0.252 e. The average molecular weight is 942 g/mol. The number of furan rings is 3. The number of rotatable bonds is 5. The van der Waals surface area contributed by atoms with Gasteiger partial charge in [-0.1, -0.05) is 127 Å². The first-order valence-corrected chi connectivity index (χ1v) is 25.3. The predicted octanol–water partition coefficient (Wildman–Crippen LogP) is 16.8. The zero-order valence-electron chi connectivity index (χ0n) is 41.5. The standard InChI is InChI=1S/C66H48BN3O3/c1-37-17-13-18-38(2)62(37)68(49-26-16-30-55-58(49)44-23-7-10-27-52(44)71-55)43-35-50-61-51(36-43)70(64-41(5)21-15-22-42(64)6)66-48(32-34-57-60(66)46-25-9-12-29-54(46)73-57)67(61)47-31-33-56-59(45-24-8-11-28-53(45)72-56)65(47)69(50)63-39(3)19-14-20-40(63)4/h7-36H,1-6H3. The van der Waals surface area contributed by atoms with Crippen molar-refractivity contribution >= 4 is 140 Å². The molecule has 0 atom stereocenters. The fraction of sp³-hybridized carbons (Fsp3) is 0.0909. The lowest BCUT2D eigenvalue weighted by molar-refractivity contribution is 0.668. The summed E-state index contributed by atoms with van der Waals surface area (Å²) in [7, 11) is 0. The highest BCUT2D eigenvalue weighted by atomic mass is 16.3. The number of para-hydroxylation sites is 6. The number of fused-ring (bicyclic) bond motifs is 15. The van der Waals surface area contributed by atoms with E-state index in [4.69, 9.17) is 13.3 Å². The molecule has 0 saturated heterocycles. The van der Waals surface area contributed by atoms with E-state index in [1.165, 1.54) is 49.8 Å². The Morgan fingerprint density at radius 2 is 0.740 bits per heavy atom. The number of anilines is 9. The first kappa shape index (κ1) is 41.8.